The Hall–Kier alpha value is -2.36. The first-order chi connectivity index (χ1) is 11.3. The molecule has 0 bridgehead atoms. The van der Waals surface area contributed by atoms with Crippen LogP contribution in [0.1, 0.15) is 24.6 Å². The van der Waals surface area contributed by atoms with E-state index in [4.69, 9.17) is 4.74 Å². The normalized spacial score (nSPS) is 15.8. The van der Waals surface area contributed by atoms with Gasteiger partial charge < -0.3 is 9.64 Å². The zero-order chi connectivity index (χ0) is 16.1. The topological polar surface area (TPSA) is 42.4 Å². The highest BCUT2D eigenvalue weighted by atomic mass is 16.5. The number of pyridine rings is 1. The number of carbonyl (C=O) groups excluding carboxylic acids is 1. The van der Waals surface area contributed by atoms with Crippen molar-refractivity contribution in [1.82, 2.24) is 9.88 Å². The van der Waals surface area contributed by atoms with Crippen molar-refractivity contribution in [1.29, 1.82) is 0 Å². The summed E-state index contributed by atoms with van der Waals surface area (Å²) in [5, 5.41) is 0. The maximum atomic E-state index is 12.8. The van der Waals surface area contributed by atoms with Gasteiger partial charge in [0.05, 0.1) is 0 Å². The van der Waals surface area contributed by atoms with Crippen molar-refractivity contribution in [2.24, 2.45) is 0 Å². The van der Waals surface area contributed by atoms with Crippen molar-refractivity contribution < 1.29 is 9.53 Å². The number of rotatable bonds is 6. The van der Waals surface area contributed by atoms with Gasteiger partial charge in [-0.25, -0.2) is 0 Å². The summed E-state index contributed by atoms with van der Waals surface area (Å²) < 4.78 is 5.84. The van der Waals surface area contributed by atoms with E-state index in [0.717, 1.165) is 36.4 Å². The van der Waals surface area contributed by atoms with Crippen LogP contribution < -0.4 is 4.74 Å². The maximum absolute atomic E-state index is 12.8. The monoisotopic (exact) mass is 310 g/mol. The van der Waals surface area contributed by atoms with Gasteiger partial charge >= 0.3 is 0 Å². The van der Waals surface area contributed by atoms with Gasteiger partial charge in [0.1, 0.15) is 5.75 Å². The zero-order valence-corrected chi connectivity index (χ0v) is 13.4. The standard InChI is InChI=1S/C19H22N2O2/c1-2-12-21(13-10-16-8-5-6-11-20-16)19(22)18-14-15-7-3-4-9-17(15)23-18/h3-9,11,18H,2,10,12-14H2,1H3/t18-/m0/s1. The first kappa shape index (κ1) is 15.5. The fourth-order valence-corrected chi connectivity index (χ4v) is 2.92. The number of hydrogen-bond donors (Lipinski definition) is 0. The Bertz CT molecular complexity index is 632. The highest BCUT2D eigenvalue weighted by Gasteiger charge is 2.31. The van der Waals surface area contributed by atoms with Gasteiger partial charge in [-0.3, -0.25) is 9.78 Å². The molecule has 0 spiro atoms. The second kappa shape index (κ2) is 7.27. The number of para-hydroxylation sites is 1. The van der Waals surface area contributed by atoms with Gasteiger partial charge in [-0.1, -0.05) is 31.2 Å². The summed E-state index contributed by atoms with van der Waals surface area (Å²) >= 11 is 0. The van der Waals surface area contributed by atoms with Gasteiger partial charge in [0, 0.05) is 37.8 Å². The molecule has 1 amide bonds. The van der Waals surface area contributed by atoms with Crippen molar-refractivity contribution in [2.75, 3.05) is 13.1 Å². The molecule has 3 rings (SSSR count). The summed E-state index contributed by atoms with van der Waals surface area (Å²) in [7, 11) is 0. The van der Waals surface area contributed by atoms with Gasteiger partial charge in [-0.2, -0.15) is 0 Å². The summed E-state index contributed by atoms with van der Waals surface area (Å²) in [6, 6.07) is 13.8. The number of nitrogens with zero attached hydrogens (tertiary/aromatic N) is 2. The number of amides is 1. The summed E-state index contributed by atoms with van der Waals surface area (Å²) in [6.07, 6.45) is 3.78. The molecule has 4 nitrogen and oxygen atoms in total. The van der Waals surface area contributed by atoms with Gasteiger partial charge in [-0.15, -0.1) is 0 Å². The lowest BCUT2D eigenvalue weighted by atomic mass is 10.1. The lowest BCUT2D eigenvalue weighted by molar-refractivity contribution is -0.138. The van der Waals surface area contributed by atoms with Crippen LogP contribution in [0.2, 0.25) is 0 Å². The summed E-state index contributed by atoms with van der Waals surface area (Å²) in [4.78, 5) is 19.0. The molecule has 0 radical (unpaired) electrons. The molecular weight excluding hydrogens is 288 g/mol. The van der Waals surface area contributed by atoms with E-state index in [9.17, 15) is 4.79 Å². The SMILES string of the molecule is CCCN(CCc1ccccn1)C(=O)[C@@H]1Cc2ccccc2O1. The van der Waals surface area contributed by atoms with Crippen LogP contribution >= 0.6 is 0 Å². The minimum Gasteiger partial charge on any atom is -0.480 e. The average molecular weight is 310 g/mol. The molecule has 0 saturated heterocycles. The first-order valence-corrected chi connectivity index (χ1v) is 8.21. The lowest BCUT2D eigenvalue weighted by Gasteiger charge is -2.24. The third kappa shape index (κ3) is 3.70. The van der Waals surface area contributed by atoms with Crippen LogP contribution in [-0.4, -0.2) is 35.0 Å². The minimum atomic E-state index is -0.386. The number of carbonyl (C=O) groups is 1. The third-order valence-electron chi connectivity index (χ3n) is 4.09. The van der Waals surface area contributed by atoms with Crippen molar-refractivity contribution >= 4 is 5.91 Å². The molecule has 0 aliphatic carbocycles. The Kier molecular flexibility index (Phi) is 4.91. The Labute approximate surface area is 137 Å². The second-order valence-electron chi connectivity index (χ2n) is 5.81. The molecule has 0 saturated carbocycles. The molecule has 120 valence electrons. The predicted octanol–water partition coefficient (Wildman–Crippen LogP) is 2.87. The number of benzene rings is 1. The van der Waals surface area contributed by atoms with E-state index in [-0.39, 0.29) is 12.0 Å². The smallest absolute Gasteiger partial charge is 0.264 e. The molecule has 1 aromatic carbocycles. The largest absolute Gasteiger partial charge is 0.480 e. The van der Waals surface area contributed by atoms with Crippen molar-refractivity contribution in [3.8, 4) is 5.75 Å². The molecule has 1 aliphatic heterocycles. The van der Waals surface area contributed by atoms with E-state index >= 15 is 0 Å². The summed E-state index contributed by atoms with van der Waals surface area (Å²) in [5.74, 6) is 0.922. The van der Waals surface area contributed by atoms with Crippen LogP contribution in [0.25, 0.3) is 0 Å². The molecule has 1 aromatic heterocycles. The molecule has 23 heavy (non-hydrogen) atoms. The molecular formula is C19H22N2O2. The predicted molar refractivity (Wildman–Crippen MR) is 89.4 cm³/mol. The van der Waals surface area contributed by atoms with E-state index in [2.05, 4.69) is 11.9 Å². The van der Waals surface area contributed by atoms with Crippen molar-refractivity contribution in [3.63, 3.8) is 0 Å². The van der Waals surface area contributed by atoms with Gasteiger partial charge in [0.15, 0.2) is 6.10 Å². The first-order valence-electron chi connectivity index (χ1n) is 8.21. The third-order valence-corrected chi connectivity index (χ3v) is 4.09. The molecule has 0 fully saturated rings. The summed E-state index contributed by atoms with van der Waals surface area (Å²) in [6.45, 7) is 3.52. The molecule has 2 heterocycles. The Morgan fingerprint density at radius 3 is 2.78 bits per heavy atom. The number of fused-ring (bicyclic) bond motifs is 1. The van der Waals surface area contributed by atoms with E-state index in [1.807, 2.05) is 47.4 Å². The maximum Gasteiger partial charge on any atom is 0.264 e. The molecule has 0 N–H and O–H groups in total. The fraction of sp³-hybridized carbons (Fsp3) is 0.368. The Balaban J connectivity index is 1.63. The van der Waals surface area contributed by atoms with E-state index in [0.29, 0.717) is 13.0 Å². The van der Waals surface area contributed by atoms with Gasteiger partial charge in [0.25, 0.3) is 5.91 Å². The van der Waals surface area contributed by atoms with Gasteiger partial charge in [-0.05, 0) is 30.2 Å². The average Bonchev–Trinajstić information content (AvgIpc) is 3.03. The number of aromatic nitrogens is 1. The van der Waals surface area contributed by atoms with Crippen LogP contribution in [0.4, 0.5) is 0 Å². The molecule has 1 aliphatic rings. The minimum absolute atomic E-state index is 0.0824. The fourth-order valence-electron chi connectivity index (χ4n) is 2.92. The lowest BCUT2D eigenvalue weighted by Crippen LogP contribution is -2.42. The second-order valence-corrected chi connectivity index (χ2v) is 5.81. The number of ether oxygens (including phenoxy) is 1. The van der Waals surface area contributed by atoms with Crippen LogP contribution in [0.5, 0.6) is 5.75 Å². The molecule has 2 aromatic rings. The molecule has 0 unspecified atom stereocenters. The van der Waals surface area contributed by atoms with E-state index in [1.54, 1.807) is 6.20 Å². The quantitative estimate of drug-likeness (QED) is 0.824. The van der Waals surface area contributed by atoms with E-state index in [1.165, 1.54) is 0 Å². The zero-order valence-electron chi connectivity index (χ0n) is 13.4. The van der Waals surface area contributed by atoms with Crippen LogP contribution in [0.3, 0.4) is 0 Å². The Morgan fingerprint density at radius 1 is 1.22 bits per heavy atom. The summed E-state index contributed by atoms with van der Waals surface area (Å²) in [5.41, 5.74) is 2.13. The van der Waals surface area contributed by atoms with Crippen molar-refractivity contribution in [2.45, 2.75) is 32.3 Å². The molecule has 1 atom stereocenters. The van der Waals surface area contributed by atoms with Crippen LogP contribution in [0, 0.1) is 0 Å². The van der Waals surface area contributed by atoms with Gasteiger partial charge in [0.2, 0.25) is 0 Å². The van der Waals surface area contributed by atoms with Crippen LogP contribution in [0.15, 0.2) is 48.7 Å². The number of hydrogen-bond acceptors (Lipinski definition) is 3. The highest BCUT2D eigenvalue weighted by Crippen LogP contribution is 2.29. The molecule has 4 heteroatoms. The highest BCUT2D eigenvalue weighted by molar-refractivity contribution is 5.82. The van der Waals surface area contributed by atoms with E-state index < -0.39 is 0 Å². The van der Waals surface area contributed by atoms with Crippen LogP contribution in [-0.2, 0) is 17.6 Å². The van der Waals surface area contributed by atoms with Crippen molar-refractivity contribution in [3.05, 3.63) is 59.9 Å². The Morgan fingerprint density at radius 2 is 2.04 bits per heavy atom.